The second-order valence-corrected chi connectivity index (χ2v) is 6.77. The first-order valence-corrected chi connectivity index (χ1v) is 8.72. The summed E-state index contributed by atoms with van der Waals surface area (Å²) in [6.07, 6.45) is 1.81. The summed E-state index contributed by atoms with van der Waals surface area (Å²) in [6, 6.07) is 16.6. The number of hydrazone groups is 1. The zero-order valence-electron chi connectivity index (χ0n) is 13.7. The lowest BCUT2D eigenvalue weighted by Gasteiger charge is -2.36. The van der Waals surface area contributed by atoms with Crippen LogP contribution in [0.4, 0.5) is 0 Å². The lowest BCUT2D eigenvalue weighted by atomic mass is 9.96. The van der Waals surface area contributed by atoms with Crippen LogP contribution < -0.4 is 4.74 Å². The number of ether oxygens (including phenoxy) is 1. The molecule has 130 valence electrons. The van der Waals surface area contributed by atoms with Crippen molar-refractivity contribution in [1.82, 2.24) is 5.01 Å². The highest BCUT2D eigenvalue weighted by molar-refractivity contribution is 6.31. The second kappa shape index (κ2) is 5.81. The fourth-order valence-corrected chi connectivity index (χ4v) is 3.73. The average Bonchev–Trinajstić information content (AvgIpc) is 3.33. The molecule has 0 fully saturated rings. The van der Waals surface area contributed by atoms with E-state index in [2.05, 4.69) is 0 Å². The first-order chi connectivity index (χ1) is 12.7. The van der Waals surface area contributed by atoms with Crippen molar-refractivity contribution in [3.63, 3.8) is 0 Å². The van der Waals surface area contributed by atoms with Gasteiger partial charge in [-0.05, 0) is 36.4 Å². The van der Waals surface area contributed by atoms with Gasteiger partial charge in [0.25, 0.3) is 0 Å². The first-order valence-electron chi connectivity index (χ1n) is 8.34. The normalized spacial score (nSPS) is 21.0. The highest BCUT2D eigenvalue weighted by Gasteiger charge is 2.42. The Hall–Kier alpha value is -2.92. The molecule has 2 aliphatic heterocycles. The predicted octanol–water partition coefficient (Wildman–Crippen LogP) is 4.88. The molecular weight excluding hydrogens is 352 g/mol. The molecule has 0 unspecified atom stereocenters. The van der Waals surface area contributed by atoms with E-state index in [1.807, 2.05) is 41.4 Å². The Morgan fingerprint density at radius 3 is 2.85 bits per heavy atom. The van der Waals surface area contributed by atoms with Crippen molar-refractivity contribution in [1.29, 1.82) is 0 Å². The summed E-state index contributed by atoms with van der Waals surface area (Å²) in [4.78, 5) is 0. The number of hydrogen-bond donors (Lipinski definition) is 1. The number of phenolic OH excluding ortho intramolecular Hbond substituents is 1. The van der Waals surface area contributed by atoms with Crippen LogP contribution in [0, 0.1) is 0 Å². The van der Waals surface area contributed by atoms with Gasteiger partial charge in [0.05, 0.1) is 18.0 Å². The van der Waals surface area contributed by atoms with E-state index in [0.29, 0.717) is 22.8 Å². The van der Waals surface area contributed by atoms with Gasteiger partial charge in [0.2, 0.25) is 6.23 Å². The average molecular weight is 367 g/mol. The van der Waals surface area contributed by atoms with Crippen LogP contribution in [0.5, 0.6) is 11.5 Å². The number of nitrogens with zero attached hydrogens (tertiary/aromatic N) is 2. The molecule has 3 aromatic rings. The van der Waals surface area contributed by atoms with Gasteiger partial charge in [0, 0.05) is 22.6 Å². The Labute approximate surface area is 155 Å². The molecule has 0 spiro atoms. The Morgan fingerprint density at radius 1 is 1.12 bits per heavy atom. The van der Waals surface area contributed by atoms with Crippen LogP contribution in [-0.4, -0.2) is 15.8 Å². The quantitative estimate of drug-likeness (QED) is 0.702. The minimum absolute atomic E-state index is 0.00318. The number of rotatable bonds is 2. The number of phenols is 1. The van der Waals surface area contributed by atoms with Gasteiger partial charge in [0.1, 0.15) is 11.5 Å². The Kier molecular flexibility index (Phi) is 3.43. The monoisotopic (exact) mass is 366 g/mol. The number of halogens is 1. The molecule has 2 aliphatic rings. The number of hydrogen-bond acceptors (Lipinski definition) is 5. The van der Waals surface area contributed by atoms with E-state index < -0.39 is 6.23 Å². The van der Waals surface area contributed by atoms with Gasteiger partial charge in [-0.2, -0.15) is 5.10 Å². The molecule has 1 aromatic heterocycles. The number of aromatic hydroxyl groups is 1. The molecule has 0 saturated heterocycles. The third-order valence-corrected chi connectivity index (χ3v) is 4.99. The van der Waals surface area contributed by atoms with E-state index in [1.165, 1.54) is 0 Å². The van der Waals surface area contributed by atoms with Crippen molar-refractivity contribution in [2.24, 2.45) is 5.10 Å². The number of furan rings is 1. The fraction of sp³-hybridized carbons (Fsp3) is 0.150. The lowest BCUT2D eigenvalue weighted by molar-refractivity contribution is -0.0325. The maximum absolute atomic E-state index is 10.3. The maximum atomic E-state index is 10.3. The van der Waals surface area contributed by atoms with E-state index in [9.17, 15) is 5.11 Å². The van der Waals surface area contributed by atoms with Gasteiger partial charge < -0.3 is 14.3 Å². The Balaban J connectivity index is 1.62. The number of para-hydroxylation sites is 1. The molecule has 3 heterocycles. The smallest absolute Gasteiger partial charge is 0.246 e. The van der Waals surface area contributed by atoms with Crippen molar-refractivity contribution in [3.05, 3.63) is 82.8 Å². The topological polar surface area (TPSA) is 58.2 Å². The van der Waals surface area contributed by atoms with E-state index in [-0.39, 0.29) is 11.8 Å². The zero-order valence-corrected chi connectivity index (χ0v) is 14.4. The van der Waals surface area contributed by atoms with Crippen LogP contribution in [0.3, 0.4) is 0 Å². The third-order valence-electron chi connectivity index (χ3n) is 4.76. The molecular formula is C20H15ClN2O3. The minimum Gasteiger partial charge on any atom is -0.507 e. The zero-order chi connectivity index (χ0) is 17.7. The van der Waals surface area contributed by atoms with Crippen molar-refractivity contribution in [3.8, 4) is 11.5 Å². The molecule has 2 aromatic carbocycles. The predicted molar refractivity (Wildman–Crippen MR) is 97.4 cm³/mol. The molecule has 0 aliphatic carbocycles. The number of fused-ring (bicyclic) bond motifs is 3. The highest BCUT2D eigenvalue weighted by Crippen LogP contribution is 2.48. The standard InChI is InChI=1S/C20H15ClN2O3/c21-12-7-8-17(24)14(10-12)15-11-16-13-4-1-2-5-18(13)26-20(23(16)22-15)19-6-3-9-25-19/h1-10,16,20,24H,11H2/t16-,20-/m0/s1. The SMILES string of the molecule is Oc1ccc(Cl)cc1C1=NN2[C@@H](C1)c1ccccc1O[C@H]2c1ccco1. The third kappa shape index (κ3) is 2.35. The molecule has 26 heavy (non-hydrogen) atoms. The van der Waals surface area contributed by atoms with Crippen molar-refractivity contribution >= 4 is 17.3 Å². The molecule has 6 heteroatoms. The summed E-state index contributed by atoms with van der Waals surface area (Å²) in [5.74, 6) is 1.67. The van der Waals surface area contributed by atoms with Crippen LogP contribution in [0.15, 0.2) is 70.4 Å². The highest BCUT2D eigenvalue weighted by atomic mass is 35.5. The summed E-state index contributed by atoms with van der Waals surface area (Å²) < 4.78 is 11.7. The van der Waals surface area contributed by atoms with Crippen molar-refractivity contribution in [2.45, 2.75) is 18.7 Å². The molecule has 0 amide bonds. The summed E-state index contributed by atoms with van der Waals surface area (Å²) >= 11 is 6.12. The summed E-state index contributed by atoms with van der Waals surface area (Å²) in [5, 5.41) is 17.5. The lowest BCUT2D eigenvalue weighted by Crippen LogP contribution is -2.33. The molecule has 1 N–H and O–H groups in total. The summed E-state index contributed by atoms with van der Waals surface area (Å²) in [6.45, 7) is 0. The fourth-order valence-electron chi connectivity index (χ4n) is 3.56. The summed E-state index contributed by atoms with van der Waals surface area (Å²) in [7, 11) is 0. The van der Waals surface area contributed by atoms with Crippen LogP contribution in [-0.2, 0) is 0 Å². The summed E-state index contributed by atoms with van der Waals surface area (Å²) in [5.41, 5.74) is 2.48. The molecule has 2 atom stereocenters. The van der Waals surface area contributed by atoms with E-state index in [0.717, 1.165) is 17.0 Å². The molecule has 5 rings (SSSR count). The van der Waals surface area contributed by atoms with E-state index in [4.69, 9.17) is 25.9 Å². The second-order valence-electron chi connectivity index (χ2n) is 6.33. The van der Waals surface area contributed by atoms with E-state index >= 15 is 0 Å². The van der Waals surface area contributed by atoms with Crippen molar-refractivity contribution in [2.75, 3.05) is 0 Å². The van der Waals surface area contributed by atoms with Gasteiger partial charge in [-0.1, -0.05) is 29.8 Å². The minimum atomic E-state index is -0.455. The van der Waals surface area contributed by atoms with Crippen LogP contribution >= 0.6 is 11.6 Å². The van der Waals surface area contributed by atoms with Gasteiger partial charge in [-0.25, -0.2) is 5.01 Å². The van der Waals surface area contributed by atoms with Gasteiger partial charge in [-0.3, -0.25) is 0 Å². The van der Waals surface area contributed by atoms with Crippen LogP contribution in [0.25, 0.3) is 0 Å². The van der Waals surface area contributed by atoms with Gasteiger partial charge in [-0.15, -0.1) is 0 Å². The Morgan fingerprint density at radius 2 is 2.00 bits per heavy atom. The van der Waals surface area contributed by atoms with Crippen LogP contribution in [0.1, 0.15) is 35.6 Å². The Bertz CT molecular complexity index is 1000. The molecule has 5 nitrogen and oxygen atoms in total. The molecule has 0 bridgehead atoms. The molecule has 0 radical (unpaired) electrons. The van der Waals surface area contributed by atoms with Crippen molar-refractivity contribution < 1.29 is 14.3 Å². The first kappa shape index (κ1) is 15.3. The molecule has 0 saturated carbocycles. The van der Waals surface area contributed by atoms with Gasteiger partial charge >= 0.3 is 0 Å². The maximum Gasteiger partial charge on any atom is 0.246 e. The van der Waals surface area contributed by atoms with Crippen LogP contribution in [0.2, 0.25) is 5.02 Å². The number of benzene rings is 2. The van der Waals surface area contributed by atoms with E-state index in [1.54, 1.807) is 24.5 Å². The van der Waals surface area contributed by atoms with Gasteiger partial charge in [0.15, 0.2) is 5.76 Å². The largest absolute Gasteiger partial charge is 0.507 e.